The summed E-state index contributed by atoms with van der Waals surface area (Å²) in [7, 11) is 0. The topological polar surface area (TPSA) is 32.3 Å². The van der Waals surface area contributed by atoms with Gasteiger partial charge in [0.1, 0.15) is 17.0 Å². The number of aromatic nitrogens is 2. The number of nitrogens with zero attached hydrogens (tertiary/aromatic N) is 4. The molecule has 2 fully saturated rings. The molecule has 5 heteroatoms. The molecule has 0 aliphatic carbocycles. The van der Waals surface area contributed by atoms with E-state index in [-0.39, 0.29) is 0 Å². The van der Waals surface area contributed by atoms with Gasteiger partial charge in [-0.3, -0.25) is 4.90 Å². The van der Waals surface area contributed by atoms with E-state index in [4.69, 9.17) is 0 Å². The summed E-state index contributed by atoms with van der Waals surface area (Å²) in [5.41, 5.74) is 0. The third-order valence-electron chi connectivity index (χ3n) is 4.98. The lowest BCUT2D eigenvalue weighted by atomic mass is 10.1. The zero-order valence-electron chi connectivity index (χ0n) is 12.7. The van der Waals surface area contributed by atoms with E-state index in [1.165, 1.54) is 24.6 Å². The van der Waals surface area contributed by atoms with E-state index >= 15 is 0 Å². The van der Waals surface area contributed by atoms with Gasteiger partial charge in [-0.1, -0.05) is 0 Å². The van der Waals surface area contributed by atoms with Gasteiger partial charge < -0.3 is 4.90 Å². The second kappa shape index (κ2) is 5.21. The summed E-state index contributed by atoms with van der Waals surface area (Å²) in [4.78, 5) is 15.3. The van der Waals surface area contributed by atoms with Gasteiger partial charge in [0.15, 0.2) is 0 Å². The average molecular weight is 302 g/mol. The van der Waals surface area contributed by atoms with E-state index < -0.39 is 0 Å². The summed E-state index contributed by atoms with van der Waals surface area (Å²) in [6.45, 7) is 6.90. The highest BCUT2D eigenvalue weighted by molar-refractivity contribution is 7.16. The van der Waals surface area contributed by atoms with Gasteiger partial charge in [-0.2, -0.15) is 0 Å². The molecule has 0 spiro atoms. The van der Waals surface area contributed by atoms with Crippen molar-refractivity contribution in [3.8, 4) is 0 Å². The number of rotatable bonds is 2. The van der Waals surface area contributed by atoms with Crippen molar-refractivity contribution in [1.82, 2.24) is 14.9 Å². The van der Waals surface area contributed by atoms with Crippen molar-refractivity contribution in [1.29, 1.82) is 0 Å². The zero-order chi connectivity index (χ0) is 14.4. The van der Waals surface area contributed by atoms with E-state index in [9.17, 15) is 0 Å². The summed E-state index contributed by atoms with van der Waals surface area (Å²) < 4.78 is 0. The van der Waals surface area contributed by atoms with Gasteiger partial charge in [0.25, 0.3) is 0 Å². The minimum atomic E-state index is 0.647. The number of hydrogen-bond acceptors (Lipinski definition) is 5. The van der Waals surface area contributed by atoms with Gasteiger partial charge in [0.2, 0.25) is 0 Å². The summed E-state index contributed by atoms with van der Waals surface area (Å²) in [5.74, 6) is 1.14. The van der Waals surface area contributed by atoms with E-state index in [2.05, 4.69) is 45.1 Å². The SMILES string of the molecule is CC(C)N1[C@H]2CC[C@H]1CN(c1ncnc3sccc13)CC2. The fourth-order valence-electron chi connectivity index (χ4n) is 4.18. The van der Waals surface area contributed by atoms with Gasteiger partial charge in [-0.05, 0) is 44.6 Å². The lowest BCUT2D eigenvalue weighted by molar-refractivity contribution is 0.158. The third-order valence-corrected chi connectivity index (χ3v) is 5.80. The van der Waals surface area contributed by atoms with Crippen LogP contribution in [-0.2, 0) is 0 Å². The number of anilines is 1. The number of fused-ring (bicyclic) bond motifs is 3. The molecule has 4 nitrogen and oxygen atoms in total. The molecule has 2 aromatic heterocycles. The van der Waals surface area contributed by atoms with Crippen molar-refractivity contribution in [2.75, 3.05) is 18.0 Å². The molecule has 0 radical (unpaired) electrons. The molecule has 4 rings (SSSR count). The maximum absolute atomic E-state index is 4.60. The Morgan fingerprint density at radius 2 is 2.05 bits per heavy atom. The summed E-state index contributed by atoms with van der Waals surface area (Å²) >= 11 is 1.70. The van der Waals surface area contributed by atoms with Crippen LogP contribution in [0.4, 0.5) is 5.82 Å². The molecular weight excluding hydrogens is 280 g/mol. The lowest BCUT2D eigenvalue weighted by Gasteiger charge is -2.32. The van der Waals surface area contributed by atoms with Crippen LogP contribution >= 0.6 is 11.3 Å². The second-order valence-electron chi connectivity index (χ2n) is 6.50. The summed E-state index contributed by atoms with van der Waals surface area (Å²) in [6.07, 6.45) is 5.67. The second-order valence-corrected chi connectivity index (χ2v) is 7.39. The van der Waals surface area contributed by atoms with Gasteiger partial charge >= 0.3 is 0 Å². The van der Waals surface area contributed by atoms with Crippen LogP contribution in [0.2, 0.25) is 0 Å². The Bertz CT molecular complexity index is 638. The van der Waals surface area contributed by atoms with Crippen molar-refractivity contribution in [3.63, 3.8) is 0 Å². The van der Waals surface area contributed by atoms with E-state index in [0.717, 1.165) is 29.8 Å². The highest BCUT2D eigenvalue weighted by Gasteiger charge is 2.38. The molecule has 21 heavy (non-hydrogen) atoms. The first-order chi connectivity index (χ1) is 10.2. The van der Waals surface area contributed by atoms with Crippen LogP contribution in [0.15, 0.2) is 17.8 Å². The third kappa shape index (κ3) is 2.23. The van der Waals surface area contributed by atoms with Gasteiger partial charge in [0.05, 0.1) is 5.39 Å². The monoisotopic (exact) mass is 302 g/mol. The molecule has 0 aromatic carbocycles. The van der Waals surface area contributed by atoms with E-state index in [0.29, 0.717) is 12.1 Å². The Balaban J connectivity index is 1.67. The van der Waals surface area contributed by atoms with Gasteiger partial charge in [-0.25, -0.2) is 9.97 Å². The van der Waals surface area contributed by atoms with Crippen LogP contribution in [0, 0.1) is 0 Å². The Hall–Kier alpha value is -1.20. The van der Waals surface area contributed by atoms with Crippen LogP contribution in [0.3, 0.4) is 0 Å². The standard InChI is InChI=1S/C16H22N4S/c1-11(2)20-12-3-4-13(20)9-19(7-5-12)15-14-6-8-21-16(14)18-10-17-15/h6,8,10-13H,3-5,7,9H2,1-2H3/t12-,13-/m0/s1. The Morgan fingerprint density at radius 1 is 1.19 bits per heavy atom. The smallest absolute Gasteiger partial charge is 0.140 e. The molecule has 2 aliphatic heterocycles. The molecule has 112 valence electrons. The maximum atomic E-state index is 4.60. The molecule has 0 saturated carbocycles. The first-order valence-corrected chi connectivity index (χ1v) is 8.82. The predicted octanol–water partition coefficient (Wildman–Crippen LogP) is 3.14. The minimum absolute atomic E-state index is 0.647. The summed E-state index contributed by atoms with van der Waals surface area (Å²) in [5, 5.41) is 3.34. The molecule has 0 amide bonds. The first-order valence-electron chi connectivity index (χ1n) is 7.94. The minimum Gasteiger partial charge on any atom is -0.354 e. The van der Waals surface area contributed by atoms with E-state index in [1.807, 2.05) is 0 Å². The first kappa shape index (κ1) is 13.5. The largest absolute Gasteiger partial charge is 0.354 e. The molecule has 2 aliphatic rings. The molecule has 0 N–H and O–H groups in total. The van der Waals surface area contributed by atoms with Crippen molar-refractivity contribution >= 4 is 27.4 Å². The zero-order valence-corrected chi connectivity index (χ0v) is 13.5. The maximum Gasteiger partial charge on any atom is 0.140 e. The highest BCUT2D eigenvalue weighted by atomic mass is 32.1. The van der Waals surface area contributed by atoms with E-state index in [1.54, 1.807) is 17.7 Å². The van der Waals surface area contributed by atoms with Crippen molar-refractivity contribution < 1.29 is 0 Å². The van der Waals surface area contributed by atoms with Crippen molar-refractivity contribution in [2.45, 2.75) is 51.2 Å². The number of thiophene rings is 1. The normalized spacial score (nSPS) is 26.7. The van der Waals surface area contributed by atoms with Gasteiger partial charge in [-0.15, -0.1) is 11.3 Å². The Morgan fingerprint density at radius 3 is 2.90 bits per heavy atom. The molecule has 4 heterocycles. The van der Waals surface area contributed by atoms with Crippen LogP contribution in [0.5, 0.6) is 0 Å². The van der Waals surface area contributed by atoms with Crippen LogP contribution in [-0.4, -0.2) is 46.1 Å². The molecule has 2 atom stereocenters. The molecule has 2 aromatic rings. The van der Waals surface area contributed by atoms with Crippen LogP contribution < -0.4 is 4.90 Å². The number of hydrogen-bond donors (Lipinski definition) is 0. The van der Waals surface area contributed by atoms with Crippen LogP contribution in [0.1, 0.15) is 33.1 Å². The molecule has 2 saturated heterocycles. The van der Waals surface area contributed by atoms with Crippen LogP contribution in [0.25, 0.3) is 10.2 Å². The quantitative estimate of drug-likeness (QED) is 0.853. The van der Waals surface area contributed by atoms with Crippen molar-refractivity contribution in [2.24, 2.45) is 0 Å². The molecular formula is C16H22N4S. The summed E-state index contributed by atoms with van der Waals surface area (Å²) in [6, 6.07) is 4.26. The predicted molar refractivity (Wildman–Crippen MR) is 88.0 cm³/mol. The fourth-order valence-corrected chi connectivity index (χ4v) is 4.90. The fraction of sp³-hybridized carbons (Fsp3) is 0.625. The van der Waals surface area contributed by atoms with Crippen molar-refractivity contribution in [3.05, 3.63) is 17.8 Å². The Kier molecular flexibility index (Phi) is 3.34. The Labute approximate surface area is 129 Å². The highest BCUT2D eigenvalue weighted by Crippen LogP contribution is 2.35. The molecule has 2 bridgehead atoms. The molecule has 0 unspecified atom stereocenters. The average Bonchev–Trinajstić information content (AvgIpc) is 3.02. The van der Waals surface area contributed by atoms with Gasteiger partial charge in [0, 0.05) is 31.2 Å². The lowest BCUT2D eigenvalue weighted by Crippen LogP contribution is -2.43.